The molecule has 5 atom stereocenters. The van der Waals surface area contributed by atoms with E-state index in [1.54, 1.807) is 12.1 Å². The van der Waals surface area contributed by atoms with Gasteiger partial charge < -0.3 is 20.2 Å². The molecule has 0 heterocycles. The second-order valence-electron chi connectivity index (χ2n) is 8.20. The highest BCUT2D eigenvalue weighted by Crippen LogP contribution is 2.60. The molecule has 4 rings (SSSR count). The first-order chi connectivity index (χ1) is 12.4. The van der Waals surface area contributed by atoms with Crippen molar-refractivity contribution >= 4 is 11.7 Å². The van der Waals surface area contributed by atoms with Gasteiger partial charge in [0.25, 0.3) is 0 Å². The molecule has 140 valence electrons. The summed E-state index contributed by atoms with van der Waals surface area (Å²) in [6.07, 6.45) is 4.30. The highest BCUT2D eigenvalue weighted by atomic mass is 16.6. The fourth-order valence-corrected chi connectivity index (χ4v) is 5.63. The van der Waals surface area contributed by atoms with E-state index in [-0.39, 0.29) is 17.3 Å². The summed E-state index contributed by atoms with van der Waals surface area (Å²) in [5.41, 5.74) is 2.66. The van der Waals surface area contributed by atoms with Crippen molar-refractivity contribution in [2.24, 2.45) is 22.4 Å². The normalized spacial score (nSPS) is 36.9. The van der Waals surface area contributed by atoms with E-state index < -0.39 is 12.6 Å². The molecule has 5 unspecified atom stereocenters. The van der Waals surface area contributed by atoms with Crippen LogP contribution in [0.2, 0.25) is 0 Å². The second-order valence-corrected chi connectivity index (χ2v) is 8.20. The van der Waals surface area contributed by atoms with Crippen LogP contribution in [0.4, 0.5) is 0 Å². The average molecular weight is 359 g/mol. The van der Waals surface area contributed by atoms with Gasteiger partial charge in [0.05, 0.1) is 11.8 Å². The van der Waals surface area contributed by atoms with Gasteiger partial charge in [-0.05, 0) is 73.0 Å². The van der Waals surface area contributed by atoms with Gasteiger partial charge in [-0.15, -0.1) is 0 Å². The molecule has 2 fully saturated rings. The van der Waals surface area contributed by atoms with Crippen LogP contribution in [-0.4, -0.2) is 39.7 Å². The first kappa shape index (κ1) is 17.3. The Morgan fingerprint density at radius 2 is 2.15 bits per heavy atom. The van der Waals surface area contributed by atoms with Crippen molar-refractivity contribution in [3.8, 4) is 5.75 Å². The molecular weight excluding hydrogens is 334 g/mol. The number of aliphatic carboxylic acids is 1. The minimum absolute atomic E-state index is 0.0530. The highest BCUT2D eigenvalue weighted by Gasteiger charge is 2.55. The van der Waals surface area contributed by atoms with Crippen LogP contribution in [0, 0.1) is 17.3 Å². The van der Waals surface area contributed by atoms with Crippen molar-refractivity contribution in [1.29, 1.82) is 0 Å². The van der Waals surface area contributed by atoms with Gasteiger partial charge in [-0.1, -0.05) is 18.1 Å². The Morgan fingerprint density at radius 1 is 1.35 bits per heavy atom. The standard InChI is InChI=1S/C20H25NO5/c1-20-7-6-13-12-3-2-11(22)8-15(12)17(21-26-10-19(24)25)9-14(13)16(20)4-5-18(20)23/h2-3,8,13-14,16,18,22-23H,4-7,9-10H2,1H3,(H,24,25). The number of oxime groups is 1. The van der Waals surface area contributed by atoms with Crippen LogP contribution in [0.25, 0.3) is 0 Å². The smallest absolute Gasteiger partial charge is 0.344 e. The summed E-state index contributed by atoms with van der Waals surface area (Å²) in [5.74, 6) is 0.263. The summed E-state index contributed by atoms with van der Waals surface area (Å²) in [6, 6.07) is 5.36. The maximum atomic E-state index is 10.7. The van der Waals surface area contributed by atoms with Crippen LogP contribution < -0.4 is 0 Å². The molecule has 1 aromatic rings. The van der Waals surface area contributed by atoms with E-state index >= 15 is 0 Å². The number of fused-ring (bicyclic) bond motifs is 5. The van der Waals surface area contributed by atoms with Crippen LogP contribution in [-0.2, 0) is 9.63 Å². The van der Waals surface area contributed by atoms with E-state index in [9.17, 15) is 15.0 Å². The van der Waals surface area contributed by atoms with E-state index in [1.165, 1.54) is 0 Å². The molecule has 0 aliphatic heterocycles. The zero-order valence-electron chi connectivity index (χ0n) is 14.9. The third-order valence-electron chi connectivity index (χ3n) is 6.93. The van der Waals surface area contributed by atoms with E-state index in [1.807, 2.05) is 6.07 Å². The minimum atomic E-state index is -1.07. The molecule has 0 aromatic heterocycles. The first-order valence-electron chi connectivity index (χ1n) is 9.32. The third-order valence-corrected chi connectivity index (χ3v) is 6.93. The molecule has 0 amide bonds. The van der Waals surface area contributed by atoms with Gasteiger partial charge in [0, 0.05) is 5.56 Å². The summed E-state index contributed by atoms with van der Waals surface area (Å²) in [6.45, 7) is 1.72. The van der Waals surface area contributed by atoms with Gasteiger partial charge >= 0.3 is 5.97 Å². The molecule has 3 aliphatic carbocycles. The summed E-state index contributed by atoms with van der Waals surface area (Å²) in [7, 11) is 0. The van der Waals surface area contributed by atoms with Gasteiger partial charge in [-0.25, -0.2) is 4.79 Å². The highest BCUT2D eigenvalue weighted by molar-refractivity contribution is 6.03. The molecule has 0 spiro atoms. The lowest BCUT2D eigenvalue weighted by Gasteiger charge is -2.50. The van der Waals surface area contributed by atoms with Gasteiger partial charge in [0.1, 0.15) is 5.75 Å². The maximum Gasteiger partial charge on any atom is 0.344 e. The number of hydrogen-bond donors (Lipinski definition) is 3. The molecule has 26 heavy (non-hydrogen) atoms. The quantitative estimate of drug-likeness (QED) is 0.721. The SMILES string of the molecule is CC12CCC3c4ccc(O)cc4C(=NOCC(=O)O)CC3C1CCC2O. The molecule has 3 N–H and O–H groups in total. The fraction of sp³-hybridized carbons (Fsp3) is 0.600. The largest absolute Gasteiger partial charge is 0.508 e. The zero-order chi connectivity index (χ0) is 18.5. The Bertz CT molecular complexity index is 761. The molecule has 2 saturated carbocycles. The van der Waals surface area contributed by atoms with Crippen molar-refractivity contribution in [3.05, 3.63) is 29.3 Å². The Morgan fingerprint density at radius 3 is 2.92 bits per heavy atom. The minimum Gasteiger partial charge on any atom is -0.508 e. The van der Waals surface area contributed by atoms with E-state index in [4.69, 9.17) is 9.94 Å². The lowest BCUT2D eigenvalue weighted by atomic mass is 9.55. The van der Waals surface area contributed by atoms with E-state index in [2.05, 4.69) is 12.1 Å². The molecular formula is C20H25NO5. The van der Waals surface area contributed by atoms with Crippen LogP contribution in [0.15, 0.2) is 23.4 Å². The number of hydrogen-bond acceptors (Lipinski definition) is 5. The number of nitrogens with zero attached hydrogens (tertiary/aromatic N) is 1. The number of phenolic OH excluding ortho intramolecular Hbond substituents is 1. The molecule has 3 aliphatic rings. The molecule has 6 nitrogen and oxygen atoms in total. The molecule has 0 radical (unpaired) electrons. The fourth-order valence-electron chi connectivity index (χ4n) is 5.63. The average Bonchev–Trinajstić information content (AvgIpc) is 2.90. The van der Waals surface area contributed by atoms with Crippen molar-refractivity contribution < 1.29 is 25.0 Å². The predicted octanol–water partition coefficient (Wildman–Crippen LogP) is 2.87. The number of aliphatic hydroxyl groups excluding tert-OH is 1. The lowest BCUT2D eigenvalue weighted by molar-refractivity contribution is -0.142. The predicted molar refractivity (Wildman–Crippen MR) is 95.2 cm³/mol. The van der Waals surface area contributed by atoms with Crippen LogP contribution >= 0.6 is 0 Å². The maximum absolute atomic E-state index is 10.7. The molecule has 0 saturated heterocycles. The Balaban J connectivity index is 1.72. The number of carboxylic acids is 1. The second kappa shape index (κ2) is 6.27. The summed E-state index contributed by atoms with van der Waals surface area (Å²) < 4.78 is 0. The van der Waals surface area contributed by atoms with Crippen molar-refractivity contribution in [2.45, 2.75) is 51.0 Å². The number of aliphatic hydroxyl groups is 1. The number of rotatable bonds is 3. The van der Waals surface area contributed by atoms with Gasteiger partial charge in [-0.3, -0.25) is 0 Å². The lowest BCUT2D eigenvalue weighted by Crippen LogP contribution is -2.45. The van der Waals surface area contributed by atoms with Crippen LogP contribution in [0.3, 0.4) is 0 Å². The van der Waals surface area contributed by atoms with E-state index in [0.717, 1.165) is 36.8 Å². The molecule has 1 aromatic carbocycles. The number of aromatic hydroxyl groups is 1. The van der Waals surface area contributed by atoms with Crippen molar-refractivity contribution in [1.82, 2.24) is 0 Å². The topological polar surface area (TPSA) is 99.4 Å². The summed E-state index contributed by atoms with van der Waals surface area (Å²) in [4.78, 5) is 15.8. The zero-order valence-corrected chi connectivity index (χ0v) is 14.9. The Kier molecular flexibility index (Phi) is 4.18. The van der Waals surface area contributed by atoms with Crippen LogP contribution in [0.1, 0.15) is 56.1 Å². The number of phenols is 1. The molecule has 6 heteroatoms. The summed E-state index contributed by atoms with van der Waals surface area (Å²) >= 11 is 0. The van der Waals surface area contributed by atoms with Gasteiger partial charge in [-0.2, -0.15) is 0 Å². The van der Waals surface area contributed by atoms with Gasteiger partial charge in [0.15, 0.2) is 0 Å². The van der Waals surface area contributed by atoms with Crippen molar-refractivity contribution in [2.75, 3.05) is 6.61 Å². The third kappa shape index (κ3) is 2.67. The number of carbonyl (C=O) groups is 1. The molecule has 0 bridgehead atoms. The number of benzene rings is 1. The first-order valence-corrected chi connectivity index (χ1v) is 9.32. The van der Waals surface area contributed by atoms with E-state index in [0.29, 0.717) is 29.9 Å². The Labute approximate surface area is 152 Å². The number of carboxylic acid groups (broad SMARTS) is 1. The monoisotopic (exact) mass is 359 g/mol. The van der Waals surface area contributed by atoms with Gasteiger partial charge in [0.2, 0.25) is 6.61 Å². The van der Waals surface area contributed by atoms with Crippen molar-refractivity contribution in [3.63, 3.8) is 0 Å². The van der Waals surface area contributed by atoms with Crippen LogP contribution in [0.5, 0.6) is 5.75 Å². The summed E-state index contributed by atoms with van der Waals surface area (Å²) in [5, 5.41) is 33.3. The Hall–Kier alpha value is -2.08.